The van der Waals surface area contributed by atoms with E-state index >= 15 is 0 Å². The quantitative estimate of drug-likeness (QED) is 0.701. The van der Waals surface area contributed by atoms with Crippen LogP contribution in [0.5, 0.6) is 11.5 Å². The number of aliphatic hydroxyl groups excluding tert-OH is 1. The Morgan fingerprint density at radius 1 is 1.40 bits per heavy atom. The van der Waals surface area contributed by atoms with Crippen molar-refractivity contribution < 1.29 is 14.9 Å². The minimum absolute atomic E-state index is 0.0447. The SMILES string of the molecule is COc1cc(C(O)C(C)(C)N)ccc1O. The molecule has 0 aliphatic rings. The Morgan fingerprint density at radius 3 is 2.47 bits per heavy atom. The maximum absolute atomic E-state index is 9.91. The second-order valence-corrected chi connectivity index (χ2v) is 4.16. The van der Waals surface area contributed by atoms with Crippen molar-refractivity contribution in [3.05, 3.63) is 23.8 Å². The van der Waals surface area contributed by atoms with E-state index in [0.717, 1.165) is 0 Å². The van der Waals surface area contributed by atoms with E-state index in [1.807, 2.05) is 0 Å². The second-order valence-electron chi connectivity index (χ2n) is 4.16. The molecule has 0 aromatic heterocycles. The highest BCUT2D eigenvalue weighted by Gasteiger charge is 2.25. The van der Waals surface area contributed by atoms with E-state index in [0.29, 0.717) is 11.3 Å². The van der Waals surface area contributed by atoms with Crippen LogP contribution in [0.4, 0.5) is 0 Å². The highest BCUT2D eigenvalue weighted by atomic mass is 16.5. The number of aliphatic hydroxyl groups is 1. The van der Waals surface area contributed by atoms with Gasteiger partial charge in [0, 0.05) is 5.54 Å². The standard InChI is InChI=1S/C11H17NO3/c1-11(2,12)10(14)7-4-5-8(13)9(6-7)15-3/h4-6,10,13-14H,12H2,1-3H3. The van der Waals surface area contributed by atoms with Crippen LogP contribution in [0.1, 0.15) is 25.5 Å². The van der Waals surface area contributed by atoms with Gasteiger partial charge in [-0.3, -0.25) is 0 Å². The lowest BCUT2D eigenvalue weighted by Gasteiger charge is -2.26. The molecule has 1 rings (SSSR count). The second kappa shape index (κ2) is 4.08. The molecule has 4 N–H and O–H groups in total. The molecule has 0 aliphatic heterocycles. The van der Waals surface area contributed by atoms with Gasteiger partial charge in [-0.2, -0.15) is 0 Å². The van der Waals surface area contributed by atoms with Gasteiger partial charge in [-0.15, -0.1) is 0 Å². The molecule has 4 heteroatoms. The first-order valence-electron chi connectivity index (χ1n) is 4.70. The number of hydrogen-bond acceptors (Lipinski definition) is 4. The Balaban J connectivity index is 3.06. The zero-order valence-electron chi connectivity index (χ0n) is 9.19. The van der Waals surface area contributed by atoms with Gasteiger partial charge in [-0.1, -0.05) is 6.07 Å². The summed E-state index contributed by atoms with van der Waals surface area (Å²) in [5, 5.41) is 19.3. The summed E-state index contributed by atoms with van der Waals surface area (Å²) in [5.74, 6) is 0.374. The van der Waals surface area contributed by atoms with E-state index in [2.05, 4.69) is 0 Å². The monoisotopic (exact) mass is 211 g/mol. The molecule has 0 bridgehead atoms. The number of phenols is 1. The van der Waals surface area contributed by atoms with Gasteiger partial charge >= 0.3 is 0 Å². The fourth-order valence-corrected chi connectivity index (χ4v) is 1.29. The van der Waals surface area contributed by atoms with Crippen LogP contribution in [0.2, 0.25) is 0 Å². The van der Waals surface area contributed by atoms with Crippen molar-refractivity contribution in [2.45, 2.75) is 25.5 Å². The largest absolute Gasteiger partial charge is 0.504 e. The summed E-state index contributed by atoms with van der Waals surface area (Å²) < 4.78 is 4.95. The molecule has 0 fully saturated rings. The van der Waals surface area contributed by atoms with E-state index in [1.54, 1.807) is 26.0 Å². The fraction of sp³-hybridized carbons (Fsp3) is 0.455. The lowest BCUT2D eigenvalue weighted by molar-refractivity contribution is 0.104. The summed E-state index contributed by atoms with van der Waals surface area (Å²) in [6, 6.07) is 4.68. The number of ether oxygens (including phenoxy) is 1. The van der Waals surface area contributed by atoms with Crippen LogP contribution >= 0.6 is 0 Å². The molecule has 0 amide bonds. The van der Waals surface area contributed by atoms with Gasteiger partial charge in [0.25, 0.3) is 0 Å². The number of methoxy groups -OCH3 is 1. The molecule has 0 saturated heterocycles. The van der Waals surface area contributed by atoms with Crippen molar-refractivity contribution in [2.24, 2.45) is 5.73 Å². The van der Waals surface area contributed by atoms with Gasteiger partial charge in [0.05, 0.1) is 13.2 Å². The van der Waals surface area contributed by atoms with Crippen molar-refractivity contribution >= 4 is 0 Å². The number of nitrogens with two attached hydrogens (primary N) is 1. The summed E-state index contributed by atoms with van der Waals surface area (Å²) in [4.78, 5) is 0. The zero-order valence-corrected chi connectivity index (χ0v) is 9.19. The first-order chi connectivity index (χ1) is 6.86. The Hall–Kier alpha value is -1.26. The lowest BCUT2D eigenvalue weighted by atomic mass is 9.92. The number of phenolic OH excluding ortho intramolecular Hbond substituents is 1. The summed E-state index contributed by atoms with van der Waals surface area (Å²) in [6.07, 6.45) is -0.799. The molecule has 4 nitrogen and oxygen atoms in total. The molecule has 0 aliphatic carbocycles. The molecule has 1 aromatic rings. The summed E-state index contributed by atoms with van der Waals surface area (Å²) >= 11 is 0. The molecule has 0 spiro atoms. The molecular weight excluding hydrogens is 194 g/mol. The first kappa shape index (κ1) is 11.8. The number of rotatable bonds is 3. The predicted octanol–water partition coefficient (Wildman–Crippen LogP) is 1.17. The third-order valence-corrected chi connectivity index (χ3v) is 2.22. The van der Waals surface area contributed by atoms with Gasteiger partial charge in [0.15, 0.2) is 11.5 Å². The maximum atomic E-state index is 9.91. The number of aromatic hydroxyl groups is 1. The first-order valence-corrected chi connectivity index (χ1v) is 4.70. The number of hydrogen-bond donors (Lipinski definition) is 3. The van der Waals surface area contributed by atoms with Gasteiger partial charge in [0.1, 0.15) is 0 Å². The van der Waals surface area contributed by atoms with Gasteiger partial charge < -0.3 is 20.7 Å². The van der Waals surface area contributed by atoms with Crippen molar-refractivity contribution in [3.63, 3.8) is 0 Å². The Labute approximate surface area is 89.3 Å². The van der Waals surface area contributed by atoms with E-state index in [9.17, 15) is 10.2 Å². The molecule has 1 unspecified atom stereocenters. The Kier molecular flexibility index (Phi) is 3.21. The average Bonchev–Trinajstić information content (AvgIpc) is 2.16. The van der Waals surface area contributed by atoms with Gasteiger partial charge in [0.2, 0.25) is 0 Å². The van der Waals surface area contributed by atoms with Crippen LogP contribution in [-0.2, 0) is 0 Å². The van der Waals surface area contributed by atoms with Crippen LogP contribution in [0, 0.1) is 0 Å². The van der Waals surface area contributed by atoms with Crippen molar-refractivity contribution in [1.82, 2.24) is 0 Å². The van der Waals surface area contributed by atoms with Crippen LogP contribution in [-0.4, -0.2) is 22.9 Å². The smallest absolute Gasteiger partial charge is 0.160 e. The zero-order chi connectivity index (χ0) is 11.6. The molecule has 1 atom stereocenters. The average molecular weight is 211 g/mol. The predicted molar refractivity (Wildman–Crippen MR) is 57.9 cm³/mol. The number of benzene rings is 1. The highest BCUT2D eigenvalue weighted by molar-refractivity contribution is 5.42. The third-order valence-electron chi connectivity index (χ3n) is 2.22. The van der Waals surface area contributed by atoms with Crippen LogP contribution in [0.25, 0.3) is 0 Å². The van der Waals surface area contributed by atoms with E-state index in [4.69, 9.17) is 10.5 Å². The molecular formula is C11H17NO3. The van der Waals surface area contributed by atoms with E-state index in [1.165, 1.54) is 13.2 Å². The minimum Gasteiger partial charge on any atom is -0.504 e. The third kappa shape index (κ3) is 2.61. The molecule has 0 saturated carbocycles. The molecule has 15 heavy (non-hydrogen) atoms. The molecule has 1 aromatic carbocycles. The van der Waals surface area contributed by atoms with Gasteiger partial charge in [-0.05, 0) is 31.5 Å². The molecule has 84 valence electrons. The van der Waals surface area contributed by atoms with Crippen molar-refractivity contribution in [3.8, 4) is 11.5 Å². The summed E-state index contributed by atoms with van der Waals surface area (Å²) in [7, 11) is 1.46. The van der Waals surface area contributed by atoms with Crippen LogP contribution in [0.15, 0.2) is 18.2 Å². The highest BCUT2D eigenvalue weighted by Crippen LogP contribution is 2.31. The lowest BCUT2D eigenvalue weighted by Crippen LogP contribution is -2.39. The fourth-order valence-electron chi connectivity index (χ4n) is 1.29. The van der Waals surface area contributed by atoms with Crippen molar-refractivity contribution in [1.29, 1.82) is 0 Å². The summed E-state index contributed by atoms with van der Waals surface area (Å²) in [6.45, 7) is 3.47. The molecule has 0 heterocycles. The normalized spacial score (nSPS) is 13.7. The van der Waals surface area contributed by atoms with Gasteiger partial charge in [-0.25, -0.2) is 0 Å². The van der Waals surface area contributed by atoms with Crippen LogP contribution in [0.3, 0.4) is 0 Å². The van der Waals surface area contributed by atoms with E-state index < -0.39 is 11.6 Å². The summed E-state index contributed by atoms with van der Waals surface area (Å²) in [5.41, 5.74) is 5.68. The Bertz CT molecular complexity index is 344. The van der Waals surface area contributed by atoms with Crippen molar-refractivity contribution in [2.75, 3.05) is 7.11 Å². The molecule has 0 radical (unpaired) electrons. The van der Waals surface area contributed by atoms with E-state index in [-0.39, 0.29) is 5.75 Å². The topological polar surface area (TPSA) is 75.7 Å². The Morgan fingerprint density at radius 2 is 2.00 bits per heavy atom. The maximum Gasteiger partial charge on any atom is 0.160 e. The minimum atomic E-state index is -0.799. The van der Waals surface area contributed by atoms with Crippen LogP contribution < -0.4 is 10.5 Å².